The van der Waals surface area contributed by atoms with E-state index >= 15 is 0 Å². The van der Waals surface area contributed by atoms with Gasteiger partial charge in [0, 0.05) is 32.7 Å². The van der Waals surface area contributed by atoms with Gasteiger partial charge < -0.3 is 19.9 Å². The smallest absolute Gasteiger partial charge is 0.317 e. The number of amides is 2. The molecule has 1 atom stereocenters. The summed E-state index contributed by atoms with van der Waals surface area (Å²) in [5.74, 6) is 0.278. The minimum Gasteiger partial charge on any atom is -0.497 e. The third-order valence-corrected chi connectivity index (χ3v) is 7.46. The van der Waals surface area contributed by atoms with Crippen LogP contribution < -0.4 is 10.1 Å². The van der Waals surface area contributed by atoms with Gasteiger partial charge in [0.05, 0.1) is 18.0 Å². The second-order valence-corrected chi connectivity index (χ2v) is 9.72. The summed E-state index contributed by atoms with van der Waals surface area (Å²) in [5.41, 5.74) is 1.05. The lowest BCUT2D eigenvalue weighted by atomic mass is 10.1. The summed E-state index contributed by atoms with van der Waals surface area (Å²) >= 11 is 0. The molecule has 0 spiro atoms. The maximum atomic E-state index is 13.1. The van der Waals surface area contributed by atoms with Gasteiger partial charge in [0.15, 0.2) is 0 Å². The molecular formula is C22H29FN4O4S. The molecule has 1 aliphatic heterocycles. The number of benzene rings is 2. The van der Waals surface area contributed by atoms with Gasteiger partial charge in [-0.1, -0.05) is 12.1 Å². The molecular weight excluding hydrogens is 435 g/mol. The predicted octanol–water partition coefficient (Wildman–Crippen LogP) is 2.15. The summed E-state index contributed by atoms with van der Waals surface area (Å²) in [7, 11) is 1.79. The fourth-order valence-corrected chi connectivity index (χ4v) is 5.03. The molecule has 2 aromatic carbocycles. The first-order valence-electron chi connectivity index (χ1n) is 10.3. The average Bonchev–Trinajstić information content (AvgIpc) is 2.79. The number of ether oxygens (including phenoxy) is 1. The van der Waals surface area contributed by atoms with Crippen LogP contribution in [0.15, 0.2) is 53.4 Å². The second kappa shape index (κ2) is 10.3. The van der Waals surface area contributed by atoms with Crippen LogP contribution in [-0.4, -0.2) is 82.5 Å². The number of sulfonamides is 1. The molecule has 0 aliphatic carbocycles. The number of likely N-dealkylation sites (N-methyl/N-ethyl adjacent to an activating group) is 1. The molecule has 0 bridgehead atoms. The normalized spacial score (nSPS) is 16.1. The zero-order valence-corrected chi connectivity index (χ0v) is 19.3. The largest absolute Gasteiger partial charge is 0.497 e. The van der Waals surface area contributed by atoms with E-state index in [4.69, 9.17) is 4.74 Å². The lowest BCUT2D eigenvalue weighted by Crippen LogP contribution is -2.53. The van der Waals surface area contributed by atoms with Gasteiger partial charge >= 0.3 is 6.03 Å². The zero-order chi connectivity index (χ0) is 23.3. The van der Waals surface area contributed by atoms with Crippen LogP contribution in [0.5, 0.6) is 5.75 Å². The van der Waals surface area contributed by atoms with E-state index < -0.39 is 15.8 Å². The number of hydrogen-bond donors (Lipinski definition) is 1. The maximum absolute atomic E-state index is 13.1. The van der Waals surface area contributed by atoms with Gasteiger partial charge in [0.25, 0.3) is 0 Å². The lowest BCUT2D eigenvalue weighted by molar-refractivity contribution is 0.168. The van der Waals surface area contributed by atoms with Crippen molar-refractivity contribution in [2.45, 2.75) is 10.9 Å². The summed E-state index contributed by atoms with van der Waals surface area (Å²) in [4.78, 5) is 16.4. The Morgan fingerprint density at radius 3 is 2.19 bits per heavy atom. The average molecular weight is 465 g/mol. The molecule has 1 heterocycles. The summed E-state index contributed by atoms with van der Waals surface area (Å²) in [6, 6.07) is 12.2. The van der Waals surface area contributed by atoms with Gasteiger partial charge in [-0.3, -0.25) is 0 Å². The zero-order valence-electron chi connectivity index (χ0n) is 18.5. The molecule has 3 rings (SSSR count). The third kappa shape index (κ3) is 5.56. The first-order chi connectivity index (χ1) is 15.2. The molecule has 10 heteroatoms. The van der Waals surface area contributed by atoms with E-state index in [1.807, 2.05) is 43.3 Å². The van der Waals surface area contributed by atoms with Crippen molar-refractivity contribution in [3.05, 3.63) is 59.9 Å². The van der Waals surface area contributed by atoms with Crippen molar-refractivity contribution in [3.8, 4) is 5.75 Å². The molecule has 0 radical (unpaired) electrons. The second-order valence-electron chi connectivity index (χ2n) is 7.78. The number of halogens is 1. The number of carbonyl (C=O) groups is 1. The predicted molar refractivity (Wildman–Crippen MR) is 120 cm³/mol. The number of methoxy groups -OCH3 is 1. The molecule has 2 aromatic rings. The summed E-state index contributed by atoms with van der Waals surface area (Å²) < 4.78 is 45.1. The molecule has 1 saturated heterocycles. The third-order valence-electron chi connectivity index (χ3n) is 5.55. The Morgan fingerprint density at radius 1 is 1.06 bits per heavy atom. The standard InChI is InChI=1S/C22H29FN4O4S/c1-25(2)21(17-4-8-19(31-3)9-5-17)16-24-22(28)26-12-14-27(15-13-26)32(29,30)20-10-6-18(23)7-11-20/h4-11,21H,12-16H2,1-3H3,(H,24,28). The van der Waals surface area contributed by atoms with Gasteiger partial charge in [-0.15, -0.1) is 0 Å². The highest BCUT2D eigenvalue weighted by Gasteiger charge is 2.30. The van der Waals surface area contributed by atoms with Crippen molar-refractivity contribution in [1.29, 1.82) is 0 Å². The molecule has 2 amide bonds. The Kier molecular flexibility index (Phi) is 7.70. The van der Waals surface area contributed by atoms with Crippen molar-refractivity contribution in [1.82, 2.24) is 19.4 Å². The van der Waals surface area contributed by atoms with Crippen molar-refractivity contribution in [2.75, 3.05) is 53.9 Å². The van der Waals surface area contributed by atoms with E-state index in [9.17, 15) is 17.6 Å². The Balaban J connectivity index is 1.56. The Morgan fingerprint density at radius 2 is 1.66 bits per heavy atom. The molecule has 1 aliphatic rings. The molecule has 8 nitrogen and oxygen atoms in total. The summed E-state index contributed by atoms with van der Waals surface area (Å²) in [6.45, 7) is 1.33. The SMILES string of the molecule is COc1ccc(C(CNC(=O)N2CCN(S(=O)(=O)c3ccc(F)cc3)CC2)N(C)C)cc1. The van der Waals surface area contributed by atoms with Crippen molar-refractivity contribution >= 4 is 16.1 Å². The lowest BCUT2D eigenvalue weighted by Gasteiger charge is -2.34. The van der Waals surface area contributed by atoms with Crippen LogP contribution in [0, 0.1) is 5.82 Å². The van der Waals surface area contributed by atoms with Crippen molar-refractivity contribution in [2.24, 2.45) is 0 Å². The number of carbonyl (C=O) groups excluding carboxylic acids is 1. The van der Waals surface area contributed by atoms with Crippen LogP contribution >= 0.6 is 0 Å². The van der Waals surface area contributed by atoms with Gasteiger partial charge in [-0.2, -0.15) is 4.31 Å². The Hall–Kier alpha value is -2.69. The summed E-state index contributed by atoms with van der Waals surface area (Å²) in [6.07, 6.45) is 0. The fraction of sp³-hybridized carbons (Fsp3) is 0.409. The van der Waals surface area contributed by atoms with E-state index in [1.165, 1.54) is 16.4 Å². The highest BCUT2D eigenvalue weighted by molar-refractivity contribution is 7.89. The number of nitrogens with one attached hydrogen (secondary N) is 1. The maximum Gasteiger partial charge on any atom is 0.317 e. The number of piperazine rings is 1. The number of rotatable bonds is 7. The van der Waals surface area contributed by atoms with Crippen LogP contribution in [0.1, 0.15) is 11.6 Å². The quantitative estimate of drug-likeness (QED) is 0.679. The summed E-state index contributed by atoms with van der Waals surface area (Å²) in [5, 5.41) is 2.96. The van der Waals surface area contributed by atoms with Gasteiger partial charge in [0.2, 0.25) is 10.0 Å². The van der Waals surface area contributed by atoms with Crippen LogP contribution in [0.25, 0.3) is 0 Å². The van der Waals surface area contributed by atoms with Crippen molar-refractivity contribution in [3.63, 3.8) is 0 Å². The van der Waals surface area contributed by atoms with Crippen molar-refractivity contribution < 1.29 is 22.3 Å². The minimum absolute atomic E-state index is 0.0231. The first-order valence-corrected chi connectivity index (χ1v) is 11.7. The molecule has 1 unspecified atom stereocenters. The van der Waals surface area contributed by atoms with Crippen LogP contribution in [0.2, 0.25) is 0 Å². The van der Waals surface area contributed by atoms with E-state index in [0.717, 1.165) is 23.4 Å². The van der Waals surface area contributed by atoms with Gasteiger partial charge in [0.1, 0.15) is 11.6 Å². The Bertz CT molecular complexity index is 1010. The molecule has 0 saturated carbocycles. The molecule has 32 heavy (non-hydrogen) atoms. The molecule has 0 aromatic heterocycles. The van der Waals surface area contributed by atoms with Crippen LogP contribution in [-0.2, 0) is 10.0 Å². The highest BCUT2D eigenvalue weighted by atomic mass is 32.2. The van der Waals surface area contributed by atoms with Crippen LogP contribution in [0.4, 0.5) is 9.18 Å². The highest BCUT2D eigenvalue weighted by Crippen LogP contribution is 2.21. The minimum atomic E-state index is -3.72. The Labute approximate surface area is 188 Å². The topological polar surface area (TPSA) is 82.2 Å². The molecule has 1 N–H and O–H groups in total. The number of nitrogens with zero attached hydrogens (tertiary/aromatic N) is 3. The van der Waals surface area contributed by atoms with Gasteiger partial charge in [-0.05, 0) is 56.1 Å². The van der Waals surface area contributed by atoms with Gasteiger partial charge in [-0.25, -0.2) is 17.6 Å². The van der Waals surface area contributed by atoms with E-state index in [1.54, 1.807) is 12.0 Å². The van der Waals surface area contributed by atoms with Crippen LogP contribution in [0.3, 0.4) is 0 Å². The molecule has 1 fully saturated rings. The monoisotopic (exact) mass is 464 g/mol. The number of hydrogen-bond acceptors (Lipinski definition) is 5. The van der Waals surface area contributed by atoms with E-state index in [-0.39, 0.29) is 43.1 Å². The molecule has 174 valence electrons. The van der Waals surface area contributed by atoms with E-state index in [2.05, 4.69) is 5.32 Å². The fourth-order valence-electron chi connectivity index (χ4n) is 3.61. The number of urea groups is 1. The van der Waals surface area contributed by atoms with E-state index in [0.29, 0.717) is 6.54 Å². The first kappa shape index (κ1) is 24.0.